The molecule has 1 heterocycles. The minimum Gasteiger partial charge on any atom is -0.382 e. The monoisotopic (exact) mass is 294 g/mol. The number of benzene rings is 2. The third-order valence-electron chi connectivity index (χ3n) is 3.84. The van der Waals surface area contributed by atoms with Gasteiger partial charge >= 0.3 is 0 Å². The van der Waals surface area contributed by atoms with E-state index in [1.807, 2.05) is 62.4 Å². The average Bonchev–Trinajstić information content (AvgIpc) is 3.02. The third kappa shape index (κ3) is 3.01. The molecule has 4 nitrogen and oxygen atoms in total. The molecule has 0 unspecified atom stereocenters. The molecule has 0 fully saturated rings. The van der Waals surface area contributed by atoms with Gasteiger partial charge in [0.2, 0.25) is 6.10 Å². The van der Waals surface area contributed by atoms with Gasteiger partial charge in [0.05, 0.1) is 5.71 Å². The Labute approximate surface area is 129 Å². The van der Waals surface area contributed by atoms with Gasteiger partial charge in [-0.05, 0) is 42.7 Å². The Morgan fingerprint density at radius 1 is 1.14 bits per heavy atom. The van der Waals surface area contributed by atoms with E-state index in [2.05, 4.69) is 10.5 Å². The van der Waals surface area contributed by atoms with Crippen molar-refractivity contribution in [1.82, 2.24) is 0 Å². The lowest BCUT2D eigenvalue weighted by Crippen LogP contribution is -2.28. The largest absolute Gasteiger partial charge is 0.382 e. The van der Waals surface area contributed by atoms with Crippen molar-refractivity contribution < 1.29 is 9.63 Å². The Morgan fingerprint density at radius 3 is 2.64 bits per heavy atom. The number of nitrogens with one attached hydrogen (secondary N) is 1. The van der Waals surface area contributed by atoms with Crippen LogP contribution in [0.25, 0.3) is 0 Å². The Bertz CT molecular complexity index is 723. The van der Waals surface area contributed by atoms with Gasteiger partial charge in [-0.3, -0.25) is 4.79 Å². The van der Waals surface area contributed by atoms with Crippen molar-refractivity contribution in [2.45, 2.75) is 26.4 Å². The minimum absolute atomic E-state index is 0.169. The first-order chi connectivity index (χ1) is 10.6. The number of aryl methyl sites for hydroxylation is 2. The zero-order valence-corrected chi connectivity index (χ0v) is 12.7. The van der Waals surface area contributed by atoms with E-state index in [0.717, 1.165) is 22.5 Å². The third-order valence-corrected chi connectivity index (χ3v) is 3.84. The summed E-state index contributed by atoms with van der Waals surface area (Å²) in [7, 11) is 0. The maximum atomic E-state index is 12.3. The van der Waals surface area contributed by atoms with Crippen molar-refractivity contribution in [3.05, 3.63) is 65.2 Å². The molecule has 0 aliphatic carbocycles. The Morgan fingerprint density at radius 2 is 1.91 bits per heavy atom. The molecule has 4 heteroatoms. The molecule has 1 aliphatic rings. The Balaban J connectivity index is 1.64. The summed E-state index contributed by atoms with van der Waals surface area (Å²) in [6.45, 7) is 4.06. The van der Waals surface area contributed by atoms with E-state index in [0.29, 0.717) is 6.42 Å². The number of rotatable bonds is 3. The minimum atomic E-state index is -0.572. The molecule has 0 bridgehead atoms. The quantitative estimate of drug-likeness (QED) is 0.942. The molecule has 2 aromatic rings. The maximum absolute atomic E-state index is 12.3. The van der Waals surface area contributed by atoms with Crippen LogP contribution in [0.4, 0.5) is 5.69 Å². The summed E-state index contributed by atoms with van der Waals surface area (Å²) in [4.78, 5) is 17.6. The molecular weight excluding hydrogens is 276 g/mol. The van der Waals surface area contributed by atoms with Crippen molar-refractivity contribution in [3.8, 4) is 0 Å². The van der Waals surface area contributed by atoms with E-state index in [9.17, 15) is 4.79 Å². The SMILES string of the molecule is Cc1ccc(NC(=O)[C@@H]2CC(c3ccccc3)=NO2)cc1C. The molecule has 0 aromatic heterocycles. The van der Waals surface area contributed by atoms with Gasteiger partial charge in [-0.1, -0.05) is 41.6 Å². The van der Waals surface area contributed by atoms with Crippen LogP contribution in [-0.4, -0.2) is 17.7 Å². The molecule has 2 aromatic carbocycles. The van der Waals surface area contributed by atoms with Crippen LogP contribution in [0.3, 0.4) is 0 Å². The molecule has 1 amide bonds. The zero-order chi connectivity index (χ0) is 15.5. The van der Waals surface area contributed by atoms with Gasteiger partial charge in [0, 0.05) is 12.1 Å². The van der Waals surface area contributed by atoms with Crippen LogP contribution in [0.15, 0.2) is 53.7 Å². The number of carbonyl (C=O) groups is 1. The first kappa shape index (κ1) is 14.3. The van der Waals surface area contributed by atoms with Crippen LogP contribution in [0, 0.1) is 13.8 Å². The Kier molecular flexibility index (Phi) is 3.92. The first-order valence-corrected chi connectivity index (χ1v) is 7.30. The number of amides is 1. The molecule has 1 N–H and O–H groups in total. The van der Waals surface area contributed by atoms with Gasteiger partial charge in [0.25, 0.3) is 5.91 Å². The summed E-state index contributed by atoms with van der Waals surface area (Å²) in [6, 6.07) is 15.6. The van der Waals surface area contributed by atoms with Crippen LogP contribution >= 0.6 is 0 Å². The molecule has 1 aliphatic heterocycles. The van der Waals surface area contributed by atoms with E-state index in [1.165, 1.54) is 5.56 Å². The second kappa shape index (κ2) is 6.02. The average molecular weight is 294 g/mol. The zero-order valence-electron chi connectivity index (χ0n) is 12.7. The molecule has 0 saturated carbocycles. The molecule has 0 saturated heterocycles. The maximum Gasteiger partial charge on any atom is 0.268 e. The fourth-order valence-electron chi connectivity index (χ4n) is 2.36. The predicted molar refractivity (Wildman–Crippen MR) is 87.0 cm³/mol. The lowest BCUT2D eigenvalue weighted by molar-refractivity contribution is -0.125. The Hall–Kier alpha value is -2.62. The number of carbonyl (C=O) groups excluding carboxylic acids is 1. The van der Waals surface area contributed by atoms with Crippen LogP contribution in [-0.2, 0) is 9.63 Å². The highest BCUT2D eigenvalue weighted by atomic mass is 16.6. The van der Waals surface area contributed by atoms with E-state index in [4.69, 9.17) is 4.84 Å². The lowest BCUT2D eigenvalue weighted by atomic mass is 10.0. The highest BCUT2D eigenvalue weighted by molar-refractivity contribution is 6.06. The van der Waals surface area contributed by atoms with Crippen molar-refractivity contribution in [2.75, 3.05) is 5.32 Å². The van der Waals surface area contributed by atoms with Crippen LogP contribution in [0.2, 0.25) is 0 Å². The van der Waals surface area contributed by atoms with Crippen molar-refractivity contribution in [3.63, 3.8) is 0 Å². The highest BCUT2D eigenvalue weighted by Crippen LogP contribution is 2.19. The van der Waals surface area contributed by atoms with Crippen LogP contribution < -0.4 is 5.32 Å². The summed E-state index contributed by atoms with van der Waals surface area (Å²) in [6.07, 6.45) is -0.0856. The fraction of sp³-hybridized carbons (Fsp3) is 0.222. The second-order valence-electron chi connectivity index (χ2n) is 5.49. The molecule has 112 valence electrons. The molecule has 0 spiro atoms. The number of oxime groups is 1. The number of hydrogen-bond acceptors (Lipinski definition) is 3. The van der Waals surface area contributed by atoms with E-state index >= 15 is 0 Å². The van der Waals surface area contributed by atoms with Crippen LogP contribution in [0.1, 0.15) is 23.1 Å². The molecular formula is C18H18N2O2. The highest BCUT2D eigenvalue weighted by Gasteiger charge is 2.28. The summed E-state index contributed by atoms with van der Waals surface area (Å²) in [5.41, 5.74) is 4.92. The molecule has 22 heavy (non-hydrogen) atoms. The van der Waals surface area contributed by atoms with Crippen molar-refractivity contribution in [2.24, 2.45) is 5.16 Å². The number of nitrogens with zero attached hydrogens (tertiary/aromatic N) is 1. The molecule has 1 atom stereocenters. The van der Waals surface area contributed by atoms with E-state index < -0.39 is 6.10 Å². The van der Waals surface area contributed by atoms with Gasteiger partial charge in [0.15, 0.2) is 0 Å². The molecule has 3 rings (SSSR count). The number of anilines is 1. The first-order valence-electron chi connectivity index (χ1n) is 7.30. The molecule has 0 radical (unpaired) electrons. The second-order valence-corrected chi connectivity index (χ2v) is 5.49. The van der Waals surface area contributed by atoms with E-state index in [1.54, 1.807) is 0 Å². The van der Waals surface area contributed by atoms with Gasteiger partial charge < -0.3 is 10.2 Å². The summed E-state index contributed by atoms with van der Waals surface area (Å²) >= 11 is 0. The fourth-order valence-corrected chi connectivity index (χ4v) is 2.36. The lowest BCUT2D eigenvalue weighted by Gasteiger charge is -2.10. The van der Waals surface area contributed by atoms with Crippen molar-refractivity contribution in [1.29, 1.82) is 0 Å². The van der Waals surface area contributed by atoms with Gasteiger partial charge in [0.1, 0.15) is 0 Å². The van der Waals surface area contributed by atoms with Crippen LogP contribution in [0.5, 0.6) is 0 Å². The van der Waals surface area contributed by atoms with Gasteiger partial charge in [-0.25, -0.2) is 0 Å². The smallest absolute Gasteiger partial charge is 0.268 e. The predicted octanol–water partition coefficient (Wildman–Crippen LogP) is 3.44. The van der Waals surface area contributed by atoms with Crippen molar-refractivity contribution >= 4 is 17.3 Å². The summed E-state index contributed by atoms with van der Waals surface area (Å²) in [5, 5.41) is 6.92. The summed E-state index contributed by atoms with van der Waals surface area (Å²) < 4.78 is 0. The number of hydrogen-bond donors (Lipinski definition) is 1. The van der Waals surface area contributed by atoms with Gasteiger partial charge in [-0.2, -0.15) is 0 Å². The standard InChI is InChI=1S/C18H18N2O2/c1-12-8-9-15(10-13(12)2)19-18(21)17-11-16(20-22-17)14-6-4-3-5-7-14/h3-10,17H,11H2,1-2H3,(H,19,21)/t17-/m0/s1. The summed E-state index contributed by atoms with van der Waals surface area (Å²) in [5.74, 6) is -0.169. The van der Waals surface area contributed by atoms with Gasteiger partial charge in [-0.15, -0.1) is 0 Å². The topological polar surface area (TPSA) is 50.7 Å². The van der Waals surface area contributed by atoms with E-state index in [-0.39, 0.29) is 5.91 Å². The normalized spacial score (nSPS) is 16.8.